The summed E-state index contributed by atoms with van der Waals surface area (Å²) in [6, 6.07) is 6.54. The Kier molecular flexibility index (Phi) is 2.58. The molecule has 0 radical (unpaired) electrons. The lowest BCUT2D eigenvalue weighted by Crippen LogP contribution is -1.99. The minimum Gasteiger partial charge on any atom is -0.207 e. The van der Waals surface area contributed by atoms with E-state index in [0.717, 1.165) is 5.56 Å². The van der Waals surface area contributed by atoms with Crippen molar-refractivity contribution in [3.05, 3.63) is 35.6 Å². The highest BCUT2D eigenvalue weighted by Gasteiger charge is 2.67. The lowest BCUT2D eigenvalue weighted by Gasteiger charge is -2.11. The first-order valence-corrected chi connectivity index (χ1v) is 6.11. The van der Waals surface area contributed by atoms with Gasteiger partial charge in [-0.3, -0.25) is 0 Å². The zero-order valence-corrected chi connectivity index (χ0v) is 11.0. The summed E-state index contributed by atoms with van der Waals surface area (Å²) >= 11 is 6.50. The summed E-state index contributed by atoms with van der Waals surface area (Å²) < 4.78 is 12.8. The van der Waals surface area contributed by atoms with Crippen LogP contribution in [-0.4, -0.2) is 0 Å². The van der Waals surface area contributed by atoms with Crippen LogP contribution in [0.25, 0.3) is 0 Å². The molecule has 1 aliphatic rings. The number of alkyl halides is 1. The van der Waals surface area contributed by atoms with E-state index < -0.39 is 0 Å². The molecule has 0 aromatic heterocycles. The van der Waals surface area contributed by atoms with Crippen LogP contribution < -0.4 is 0 Å². The zero-order chi connectivity index (χ0) is 12.1. The molecule has 1 aromatic rings. The summed E-state index contributed by atoms with van der Waals surface area (Å²) in [5.74, 6) is 0.245. The van der Waals surface area contributed by atoms with Gasteiger partial charge in [0.1, 0.15) is 5.82 Å². The maximum atomic E-state index is 12.8. The van der Waals surface area contributed by atoms with Gasteiger partial charge in [0.25, 0.3) is 0 Å². The fraction of sp³-hybridized carbons (Fsp3) is 0.571. The molecule has 1 saturated carbocycles. The maximum Gasteiger partial charge on any atom is 0.123 e. The van der Waals surface area contributed by atoms with Crippen molar-refractivity contribution in [2.24, 2.45) is 16.7 Å². The molecule has 2 rings (SSSR count). The molecule has 88 valence electrons. The maximum absolute atomic E-state index is 12.8. The van der Waals surface area contributed by atoms with Crippen LogP contribution in [0.2, 0.25) is 0 Å². The van der Waals surface area contributed by atoms with Crippen molar-refractivity contribution in [2.45, 2.75) is 33.1 Å². The van der Waals surface area contributed by atoms with Crippen molar-refractivity contribution < 1.29 is 4.39 Å². The van der Waals surface area contributed by atoms with Gasteiger partial charge in [0, 0.05) is 0 Å². The van der Waals surface area contributed by atoms with E-state index in [1.165, 1.54) is 12.1 Å². The van der Waals surface area contributed by atoms with Crippen LogP contribution in [-0.2, 0) is 0 Å². The molecule has 1 aromatic carbocycles. The molecule has 0 heterocycles. The summed E-state index contributed by atoms with van der Waals surface area (Å²) in [4.78, 5) is 0. The van der Waals surface area contributed by atoms with E-state index in [-0.39, 0.29) is 22.0 Å². The van der Waals surface area contributed by atoms with Crippen molar-refractivity contribution in [3.63, 3.8) is 0 Å². The number of rotatable bonds is 2. The monoisotopic (exact) mass is 240 g/mol. The second-order valence-corrected chi connectivity index (χ2v) is 6.34. The van der Waals surface area contributed by atoms with Gasteiger partial charge in [-0.1, -0.05) is 39.8 Å². The number of hydrogen-bond donors (Lipinski definition) is 0. The molecule has 0 amide bonds. The van der Waals surface area contributed by atoms with Gasteiger partial charge in [0.05, 0.1) is 5.38 Å². The summed E-state index contributed by atoms with van der Waals surface area (Å²) in [7, 11) is 0. The summed E-state index contributed by atoms with van der Waals surface area (Å²) in [5.41, 5.74) is 1.54. The highest BCUT2D eigenvalue weighted by Crippen LogP contribution is 2.73. The molecule has 0 aliphatic heterocycles. The Balaban J connectivity index is 2.22. The van der Waals surface area contributed by atoms with Crippen LogP contribution >= 0.6 is 11.6 Å². The van der Waals surface area contributed by atoms with E-state index in [1.807, 2.05) is 0 Å². The number of hydrogen-bond acceptors (Lipinski definition) is 0. The second-order valence-electron chi connectivity index (χ2n) is 5.87. The first kappa shape index (κ1) is 11.9. The van der Waals surface area contributed by atoms with Crippen LogP contribution in [0.4, 0.5) is 4.39 Å². The van der Waals surface area contributed by atoms with Crippen LogP contribution in [0.5, 0.6) is 0 Å². The Bertz CT molecular complexity index is 378. The van der Waals surface area contributed by atoms with Crippen molar-refractivity contribution >= 4 is 11.6 Å². The largest absolute Gasteiger partial charge is 0.207 e. The van der Waals surface area contributed by atoms with E-state index >= 15 is 0 Å². The molecule has 0 N–H and O–H groups in total. The van der Waals surface area contributed by atoms with Gasteiger partial charge in [-0.05, 0) is 34.4 Å². The van der Waals surface area contributed by atoms with Gasteiger partial charge in [-0.15, -0.1) is 11.6 Å². The Morgan fingerprint density at radius 2 is 1.50 bits per heavy atom. The van der Waals surface area contributed by atoms with Gasteiger partial charge in [0.15, 0.2) is 0 Å². The molecule has 1 atom stereocenters. The van der Waals surface area contributed by atoms with Crippen molar-refractivity contribution in [2.75, 3.05) is 0 Å². The molecule has 0 nitrogen and oxygen atoms in total. The highest BCUT2D eigenvalue weighted by molar-refractivity contribution is 6.21. The third-order valence-electron chi connectivity index (χ3n) is 4.61. The van der Waals surface area contributed by atoms with Crippen molar-refractivity contribution in [1.82, 2.24) is 0 Å². The standard InChI is InChI=1S/C14H18ClF/c1-13(2)12(14(13,3)4)11(15)9-5-7-10(16)8-6-9/h5-8,11-12H,1-4H3. The van der Waals surface area contributed by atoms with Gasteiger partial charge in [-0.25, -0.2) is 4.39 Å². The summed E-state index contributed by atoms with van der Waals surface area (Å²) in [6.07, 6.45) is 0. The fourth-order valence-electron chi connectivity index (χ4n) is 2.82. The number of halogens is 2. The molecule has 2 heteroatoms. The van der Waals surface area contributed by atoms with E-state index in [1.54, 1.807) is 12.1 Å². The van der Waals surface area contributed by atoms with Crippen LogP contribution in [0.1, 0.15) is 38.6 Å². The Labute approximate surface area is 102 Å². The molecule has 16 heavy (non-hydrogen) atoms. The average Bonchev–Trinajstić information content (AvgIpc) is 2.57. The van der Waals surface area contributed by atoms with E-state index in [9.17, 15) is 4.39 Å². The lowest BCUT2D eigenvalue weighted by atomic mass is 10.0. The van der Waals surface area contributed by atoms with Gasteiger partial charge in [-0.2, -0.15) is 0 Å². The van der Waals surface area contributed by atoms with Gasteiger partial charge < -0.3 is 0 Å². The van der Waals surface area contributed by atoms with Crippen LogP contribution in [0, 0.1) is 22.6 Å². The number of benzene rings is 1. The summed E-state index contributed by atoms with van der Waals surface area (Å²) in [5, 5.41) is -0.0226. The SMILES string of the molecule is CC1(C)C(C(Cl)c2ccc(F)cc2)C1(C)C. The van der Waals surface area contributed by atoms with Gasteiger partial charge >= 0.3 is 0 Å². The zero-order valence-electron chi connectivity index (χ0n) is 10.2. The van der Waals surface area contributed by atoms with Crippen LogP contribution in [0.3, 0.4) is 0 Å². The topological polar surface area (TPSA) is 0 Å². The molecule has 0 spiro atoms. The van der Waals surface area contributed by atoms with Crippen molar-refractivity contribution in [3.8, 4) is 0 Å². The Hall–Kier alpha value is -0.560. The fourth-order valence-corrected chi connectivity index (χ4v) is 3.59. The first-order valence-electron chi connectivity index (χ1n) is 5.68. The third-order valence-corrected chi connectivity index (χ3v) is 5.12. The molecule has 1 fully saturated rings. The molecule has 1 aliphatic carbocycles. The van der Waals surface area contributed by atoms with E-state index in [2.05, 4.69) is 27.7 Å². The Morgan fingerprint density at radius 1 is 1.06 bits per heavy atom. The van der Waals surface area contributed by atoms with Crippen molar-refractivity contribution in [1.29, 1.82) is 0 Å². The predicted molar refractivity (Wildman–Crippen MR) is 66.0 cm³/mol. The van der Waals surface area contributed by atoms with Gasteiger partial charge in [0.2, 0.25) is 0 Å². The summed E-state index contributed by atoms with van der Waals surface area (Å²) in [6.45, 7) is 8.99. The molecule has 0 saturated heterocycles. The predicted octanol–water partition coefficient (Wildman–Crippen LogP) is 4.79. The van der Waals surface area contributed by atoms with Crippen LogP contribution in [0.15, 0.2) is 24.3 Å². The quantitative estimate of drug-likeness (QED) is 0.652. The second kappa shape index (κ2) is 3.46. The first-order chi connectivity index (χ1) is 7.28. The Morgan fingerprint density at radius 3 is 1.88 bits per heavy atom. The average molecular weight is 241 g/mol. The smallest absolute Gasteiger partial charge is 0.123 e. The highest BCUT2D eigenvalue weighted by atomic mass is 35.5. The molecule has 1 unspecified atom stereocenters. The minimum atomic E-state index is -0.207. The molecular formula is C14H18ClF. The minimum absolute atomic E-state index is 0.0226. The molecular weight excluding hydrogens is 223 g/mol. The van der Waals surface area contributed by atoms with E-state index in [4.69, 9.17) is 11.6 Å². The normalized spacial score (nSPS) is 24.1. The lowest BCUT2D eigenvalue weighted by molar-refractivity contribution is 0.457. The van der Waals surface area contributed by atoms with E-state index in [0.29, 0.717) is 5.92 Å². The third kappa shape index (κ3) is 1.57. The molecule has 0 bridgehead atoms.